The van der Waals surface area contributed by atoms with E-state index in [4.69, 9.17) is 5.73 Å². The van der Waals surface area contributed by atoms with Crippen molar-refractivity contribution in [2.75, 3.05) is 6.54 Å². The number of nitrogens with one attached hydrogen (secondary N) is 1. The minimum Gasteiger partial charge on any atom is -0.505 e. The van der Waals surface area contributed by atoms with Gasteiger partial charge in [-0.3, -0.25) is 4.79 Å². The maximum absolute atomic E-state index is 11.8. The van der Waals surface area contributed by atoms with Crippen molar-refractivity contribution in [1.29, 1.82) is 0 Å². The number of benzene rings is 1. The molecule has 0 saturated carbocycles. The highest BCUT2D eigenvalue weighted by molar-refractivity contribution is 5.94. The second-order valence-electron chi connectivity index (χ2n) is 4.10. The number of aromatic nitrogens is 1. The number of amides is 1. The van der Waals surface area contributed by atoms with E-state index in [2.05, 4.69) is 10.3 Å². The lowest BCUT2D eigenvalue weighted by molar-refractivity contribution is 0.0943. The smallest absolute Gasteiger partial charge is 0.273 e. The molecule has 4 N–H and O–H groups in total. The topological polar surface area (TPSA) is 88.2 Å². The number of carbonyl (C=O) groups is 1. The van der Waals surface area contributed by atoms with Gasteiger partial charge in [0, 0.05) is 18.8 Å². The Morgan fingerprint density at radius 3 is 2.68 bits per heavy atom. The van der Waals surface area contributed by atoms with Crippen LogP contribution in [0.4, 0.5) is 0 Å². The zero-order chi connectivity index (χ0) is 13.7. The van der Waals surface area contributed by atoms with E-state index in [-0.39, 0.29) is 24.0 Å². The number of aromatic hydroxyl groups is 1. The molecule has 0 aliphatic heterocycles. The van der Waals surface area contributed by atoms with E-state index in [1.807, 2.05) is 30.3 Å². The van der Waals surface area contributed by atoms with Gasteiger partial charge >= 0.3 is 0 Å². The molecule has 0 spiro atoms. The van der Waals surface area contributed by atoms with E-state index >= 15 is 0 Å². The third kappa shape index (κ3) is 3.29. The monoisotopic (exact) mass is 257 g/mol. The first-order valence-electron chi connectivity index (χ1n) is 5.91. The third-order valence-corrected chi connectivity index (χ3v) is 2.71. The molecule has 2 rings (SSSR count). The second-order valence-corrected chi connectivity index (χ2v) is 4.10. The number of hydrogen-bond acceptors (Lipinski definition) is 4. The van der Waals surface area contributed by atoms with E-state index < -0.39 is 5.91 Å². The van der Waals surface area contributed by atoms with Crippen molar-refractivity contribution in [3.8, 4) is 5.75 Å². The summed E-state index contributed by atoms with van der Waals surface area (Å²) in [6.07, 6.45) is 1.45. The van der Waals surface area contributed by atoms with Crippen molar-refractivity contribution in [3.05, 3.63) is 59.9 Å². The fraction of sp³-hybridized carbons (Fsp3) is 0.143. The highest BCUT2D eigenvalue weighted by Gasteiger charge is 2.13. The van der Waals surface area contributed by atoms with Crippen LogP contribution in [-0.4, -0.2) is 22.5 Å². The zero-order valence-corrected chi connectivity index (χ0v) is 10.3. The van der Waals surface area contributed by atoms with Gasteiger partial charge in [-0.1, -0.05) is 30.3 Å². The van der Waals surface area contributed by atoms with Gasteiger partial charge in [0.15, 0.2) is 5.69 Å². The molecule has 19 heavy (non-hydrogen) atoms. The average molecular weight is 257 g/mol. The molecule has 0 aliphatic rings. The first-order chi connectivity index (χ1) is 9.18. The normalized spacial score (nSPS) is 11.8. The van der Waals surface area contributed by atoms with Gasteiger partial charge in [0.25, 0.3) is 5.91 Å². The van der Waals surface area contributed by atoms with Crippen LogP contribution in [0.25, 0.3) is 0 Å². The first kappa shape index (κ1) is 13.0. The Kier molecular flexibility index (Phi) is 4.10. The van der Waals surface area contributed by atoms with Crippen molar-refractivity contribution in [3.63, 3.8) is 0 Å². The summed E-state index contributed by atoms with van der Waals surface area (Å²) in [7, 11) is 0. The van der Waals surface area contributed by atoms with E-state index in [1.165, 1.54) is 12.3 Å². The van der Waals surface area contributed by atoms with Crippen molar-refractivity contribution >= 4 is 5.91 Å². The molecule has 5 heteroatoms. The Morgan fingerprint density at radius 2 is 2.00 bits per heavy atom. The van der Waals surface area contributed by atoms with Crippen LogP contribution in [0.1, 0.15) is 22.1 Å². The van der Waals surface area contributed by atoms with Gasteiger partial charge in [0.1, 0.15) is 5.75 Å². The molecular weight excluding hydrogens is 242 g/mol. The molecule has 0 saturated heterocycles. The van der Waals surface area contributed by atoms with Gasteiger partial charge < -0.3 is 16.2 Å². The van der Waals surface area contributed by atoms with Crippen LogP contribution in [-0.2, 0) is 0 Å². The molecule has 0 radical (unpaired) electrons. The predicted octanol–water partition coefficient (Wildman–Crippen LogP) is 1.22. The summed E-state index contributed by atoms with van der Waals surface area (Å²) in [4.78, 5) is 15.6. The molecule has 1 heterocycles. The van der Waals surface area contributed by atoms with Crippen molar-refractivity contribution < 1.29 is 9.90 Å². The maximum Gasteiger partial charge on any atom is 0.273 e. The molecule has 1 amide bonds. The summed E-state index contributed by atoms with van der Waals surface area (Å²) in [6.45, 7) is 0.277. The molecule has 0 fully saturated rings. The minimum absolute atomic E-state index is 0.00256. The first-order valence-corrected chi connectivity index (χ1v) is 5.91. The fourth-order valence-corrected chi connectivity index (χ4v) is 1.68. The van der Waals surface area contributed by atoms with Crippen LogP contribution in [0, 0.1) is 0 Å². The van der Waals surface area contributed by atoms with Crippen LogP contribution in [0.15, 0.2) is 48.7 Å². The van der Waals surface area contributed by atoms with Crippen LogP contribution < -0.4 is 11.1 Å². The summed E-state index contributed by atoms with van der Waals surface area (Å²) in [5, 5.41) is 12.2. The highest BCUT2D eigenvalue weighted by Crippen LogP contribution is 2.13. The zero-order valence-electron chi connectivity index (χ0n) is 10.3. The Morgan fingerprint density at radius 1 is 1.26 bits per heavy atom. The molecule has 5 nitrogen and oxygen atoms in total. The van der Waals surface area contributed by atoms with Crippen LogP contribution in [0.2, 0.25) is 0 Å². The molecule has 0 bridgehead atoms. The molecule has 1 aromatic heterocycles. The van der Waals surface area contributed by atoms with E-state index in [0.717, 1.165) is 5.56 Å². The van der Waals surface area contributed by atoms with Crippen LogP contribution >= 0.6 is 0 Å². The minimum atomic E-state index is -0.440. The third-order valence-electron chi connectivity index (χ3n) is 2.71. The summed E-state index contributed by atoms with van der Waals surface area (Å²) in [5.41, 5.74) is 6.90. The van der Waals surface area contributed by atoms with Crippen LogP contribution in [0.3, 0.4) is 0 Å². The summed E-state index contributed by atoms with van der Waals surface area (Å²) < 4.78 is 0. The van der Waals surface area contributed by atoms with Gasteiger partial charge in [0.2, 0.25) is 0 Å². The summed E-state index contributed by atoms with van der Waals surface area (Å²) >= 11 is 0. The Bertz CT molecular complexity index is 558. The van der Waals surface area contributed by atoms with Gasteiger partial charge in [-0.2, -0.15) is 0 Å². The van der Waals surface area contributed by atoms with Gasteiger partial charge in [0.05, 0.1) is 0 Å². The SMILES string of the molecule is NC(CNC(=O)c1ncccc1O)c1ccccc1. The Labute approximate surface area is 111 Å². The number of nitrogens with zero attached hydrogens (tertiary/aromatic N) is 1. The number of pyridine rings is 1. The van der Waals surface area contributed by atoms with Gasteiger partial charge in [-0.25, -0.2) is 4.98 Å². The lowest BCUT2D eigenvalue weighted by Gasteiger charge is -2.13. The fourth-order valence-electron chi connectivity index (χ4n) is 1.68. The standard InChI is InChI=1S/C14H15N3O2/c15-11(10-5-2-1-3-6-10)9-17-14(19)13-12(18)7-4-8-16-13/h1-8,11,18H,9,15H2,(H,17,19). The maximum atomic E-state index is 11.8. The summed E-state index contributed by atoms with van der Waals surface area (Å²) in [5.74, 6) is -0.585. The van der Waals surface area contributed by atoms with Crippen molar-refractivity contribution in [2.45, 2.75) is 6.04 Å². The molecular formula is C14H15N3O2. The quantitative estimate of drug-likeness (QED) is 0.768. The lowest BCUT2D eigenvalue weighted by Crippen LogP contribution is -2.32. The molecule has 1 aromatic carbocycles. The Balaban J connectivity index is 1.96. The van der Waals surface area contributed by atoms with Crippen molar-refractivity contribution in [2.24, 2.45) is 5.73 Å². The number of nitrogens with two attached hydrogens (primary N) is 1. The molecule has 98 valence electrons. The average Bonchev–Trinajstić information content (AvgIpc) is 2.46. The van der Waals surface area contributed by atoms with E-state index in [1.54, 1.807) is 6.07 Å². The van der Waals surface area contributed by atoms with Gasteiger partial charge in [-0.15, -0.1) is 0 Å². The van der Waals surface area contributed by atoms with Crippen molar-refractivity contribution in [1.82, 2.24) is 10.3 Å². The molecule has 0 aliphatic carbocycles. The second kappa shape index (κ2) is 5.97. The van der Waals surface area contributed by atoms with Gasteiger partial charge in [-0.05, 0) is 17.7 Å². The van der Waals surface area contributed by atoms with Crippen LogP contribution in [0.5, 0.6) is 5.75 Å². The molecule has 1 atom stereocenters. The Hall–Kier alpha value is -2.40. The number of rotatable bonds is 4. The van der Waals surface area contributed by atoms with E-state index in [9.17, 15) is 9.90 Å². The molecule has 2 aromatic rings. The summed E-state index contributed by atoms with van der Waals surface area (Å²) in [6, 6.07) is 12.2. The largest absolute Gasteiger partial charge is 0.505 e. The van der Waals surface area contributed by atoms with E-state index in [0.29, 0.717) is 0 Å². The lowest BCUT2D eigenvalue weighted by atomic mass is 10.1. The number of carbonyl (C=O) groups excluding carboxylic acids is 1. The molecule has 1 unspecified atom stereocenters. The predicted molar refractivity (Wildman–Crippen MR) is 71.6 cm³/mol. The number of hydrogen-bond donors (Lipinski definition) is 3. The highest BCUT2D eigenvalue weighted by atomic mass is 16.3.